The minimum atomic E-state index is -0.0317. The molecule has 3 N–H and O–H groups in total. The SMILES string of the molecule is CC(C)(C)CC(=O)Nc1ccc(CC(=O)N[C@H]2CCCNC2)cc1. The van der Waals surface area contributed by atoms with Crippen molar-refractivity contribution in [1.82, 2.24) is 10.6 Å². The smallest absolute Gasteiger partial charge is 0.224 e. The molecule has 2 rings (SSSR count). The van der Waals surface area contributed by atoms with Crippen LogP contribution in [0.1, 0.15) is 45.6 Å². The van der Waals surface area contributed by atoms with Gasteiger partial charge in [0, 0.05) is 24.7 Å². The van der Waals surface area contributed by atoms with Crippen LogP contribution >= 0.6 is 0 Å². The molecule has 0 bridgehead atoms. The van der Waals surface area contributed by atoms with Crippen molar-refractivity contribution in [3.05, 3.63) is 29.8 Å². The second kappa shape index (κ2) is 8.29. The molecule has 0 radical (unpaired) electrons. The Hall–Kier alpha value is -1.88. The van der Waals surface area contributed by atoms with Crippen molar-refractivity contribution < 1.29 is 9.59 Å². The fourth-order valence-corrected chi connectivity index (χ4v) is 2.83. The summed E-state index contributed by atoms with van der Waals surface area (Å²) in [4.78, 5) is 24.0. The number of nitrogens with one attached hydrogen (secondary N) is 3. The summed E-state index contributed by atoms with van der Waals surface area (Å²) in [6, 6.07) is 7.73. The van der Waals surface area contributed by atoms with Crippen LogP contribution < -0.4 is 16.0 Å². The number of piperidine rings is 1. The van der Waals surface area contributed by atoms with Gasteiger partial charge in [-0.05, 0) is 42.5 Å². The maximum Gasteiger partial charge on any atom is 0.224 e. The molecule has 2 amide bonds. The molecule has 0 unspecified atom stereocenters. The molecule has 1 heterocycles. The molecule has 1 aromatic rings. The first-order chi connectivity index (χ1) is 11.3. The molecule has 132 valence electrons. The van der Waals surface area contributed by atoms with Gasteiger partial charge >= 0.3 is 0 Å². The van der Waals surface area contributed by atoms with Crippen molar-refractivity contribution in [2.75, 3.05) is 18.4 Å². The highest BCUT2D eigenvalue weighted by Gasteiger charge is 2.17. The minimum Gasteiger partial charge on any atom is -0.352 e. The normalized spacial score (nSPS) is 18.0. The largest absolute Gasteiger partial charge is 0.352 e. The van der Waals surface area contributed by atoms with E-state index < -0.39 is 0 Å². The van der Waals surface area contributed by atoms with Crippen LogP contribution in [0.3, 0.4) is 0 Å². The maximum absolute atomic E-state index is 12.1. The van der Waals surface area contributed by atoms with Gasteiger partial charge in [0.2, 0.25) is 11.8 Å². The van der Waals surface area contributed by atoms with Crippen LogP contribution in [0.25, 0.3) is 0 Å². The van der Waals surface area contributed by atoms with Crippen LogP contribution in [-0.4, -0.2) is 30.9 Å². The molecule has 1 saturated heterocycles. The molecule has 0 aromatic heterocycles. The summed E-state index contributed by atoms with van der Waals surface area (Å²) in [6.45, 7) is 8.00. The number of hydrogen-bond acceptors (Lipinski definition) is 3. The summed E-state index contributed by atoms with van der Waals surface area (Å²) in [5, 5.41) is 9.26. The summed E-state index contributed by atoms with van der Waals surface area (Å²) in [6.07, 6.45) is 2.99. The summed E-state index contributed by atoms with van der Waals surface area (Å²) in [5.74, 6) is 0.0611. The number of hydrogen-bond donors (Lipinski definition) is 3. The molecule has 1 atom stereocenters. The summed E-state index contributed by atoms with van der Waals surface area (Å²) < 4.78 is 0. The van der Waals surface area contributed by atoms with E-state index in [0.29, 0.717) is 12.8 Å². The van der Waals surface area contributed by atoms with Gasteiger partial charge in [-0.25, -0.2) is 0 Å². The molecular weight excluding hydrogens is 302 g/mol. The minimum absolute atomic E-state index is 0.0118. The molecule has 5 nitrogen and oxygen atoms in total. The highest BCUT2D eigenvalue weighted by Crippen LogP contribution is 2.19. The quantitative estimate of drug-likeness (QED) is 0.776. The molecule has 1 aromatic carbocycles. The zero-order chi connectivity index (χ0) is 17.6. The number of benzene rings is 1. The van der Waals surface area contributed by atoms with Crippen molar-refractivity contribution >= 4 is 17.5 Å². The highest BCUT2D eigenvalue weighted by atomic mass is 16.2. The Labute approximate surface area is 144 Å². The number of rotatable bonds is 5. The fourth-order valence-electron chi connectivity index (χ4n) is 2.83. The van der Waals surface area contributed by atoms with Crippen LogP contribution in [-0.2, 0) is 16.0 Å². The van der Waals surface area contributed by atoms with E-state index in [0.717, 1.165) is 37.2 Å². The van der Waals surface area contributed by atoms with Crippen molar-refractivity contribution in [2.45, 2.75) is 52.5 Å². The van der Waals surface area contributed by atoms with Gasteiger partial charge in [-0.1, -0.05) is 32.9 Å². The Morgan fingerprint density at radius 3 is 2.46 bits per heavy atom. The number of amides is 2. The molecule has 1 aliphatic heterocycles. The van der Waals surface area contributed by atoms with Gasteiger partial charge in [-0.2, -0.15) is 0 Å². The van der Waals surface area contributed by atoms with Crippen molar-refractivity contribution in [2.24, 2.45) is 5.41 Å². The van der Waals surface area contributed by atoms with Crippen LogP contribution in [0.15, 0.2) is 24.3 Å². The van der Waals surface area contributed by atoms with E-state index >= 15 is 0 Å². The topological polar surface area (TPSA) is 70.2 Å². The van der Waals surface area contributed by atoms with Gasteiger partial charge in [0.1, 0.15) is 0 Å². The van der Waals surface area contributed by atoms with E-state index in [4.69, 9.17) is 0 Å². The van der Waals surface area contributed by atoms with Gasteiger partial charge in [-0.3, -0.25) is 9.59 Å². The van der Waals surface area contributed by atoms with Gasteiger partial charge in [0.15, 0.2) is 0 Å². The summed E-state index contributed by atoms with van der Waals surface area (Å²) in [5.41, 5.74) is 1.69. The molecule has 1 aliphatic rings. The molecule has 0 aliphatic carbocycles. The van der Waals surface area contributed by atoms with E-state index in [1.165, 1.54) is 0 Å². The summed E-state index contributed by atoms with van der Waals surface area (Å²) in [7, 11) is 0. The zero-order valence-electron chi connectivity index (χ0n) is 14.9. The predicted molar refractivity (Wildman–Crippen MR) is 96.9 cm³/mol. The molecule has 0 spiro atoms. The van der Waals surface area contributed by atoms with Crippen molar-refractivity contribution in [1.29, 1.82) is 0 Å². The summed E-state index contributed by atoms with van der Waals surface area (Å²) >= 11 is 0. The average Bonchev–Trinajstić information content (AvgIpc) is 2.48. The van der Waals surface area contributed by atoms with Gasteiger partial charge in [-0.15, -0.1) is 0 Å². The van der Waals surface area contributed by atoms with Crippen LogP contribution in [0.4, 0.5) is 5.69 Å². The first-order valence-corrected chi connectivity index (χ1v) is 8.71. The predicted octanol–water partition coefficient (Wildman–Crippen LogP) is 2.47. The lowest BCUT2D eigenvalue weighted by Gasteiger charge is -2.23. The number of carbonyl (C=O) groups excluding carboxylic acids is 2. The molecule has 5 heteroatoms. The van der Waals surface area contributed by atoms with E-state index in [-0.39, 0.29) is 23.3 Å². The van der Waals surface area contributed by atoms with Gasteiger partial charge in [0.25, 0.3) is 0 Å². The monoisotopic (exact) mass is 331 g/mol. The number of anilines is 1. The fraction of sp³-hybridized carbons (Fsp3) is 0.579. The van der Waals surface area contributed by atoms with E-state index in [1.54, 1.807) is 0 Å². The zero-order valence-corrected chi connectivity index (χ0v) is 14.9. The van der Waals surface area contributed by atoms with Gasteiger partial charge < -0.3 is 16.0 Å². The first kappa shape index (κ1) is 18.5. The van der Waals surface area contributed by atoms with Crippen LogP contribution in [0.5, 0.6) is 0 Å². The Morgan fingerprint density at radius 1 is 1.17 bits per heavy atom. The lowest BCUT2D eigenvalue weighted by molar-refractivity contribution is -0.121. The Bertz CT molecular complexity index is 555. The lowest BCUT2D eigenvalue weighted by Crippen LogP contribution is -2.46. The number of carbonyl (C=O) groups is 2. The van der Waals surface area contributed by atoms with Crippen LogP contribution in [0, 0.1) is 5.41 Å². The standard InChI is InChI=1S/C19H29N3O2/c1-19(2,3)12-18(24)21-15-8-6-14(7-9-15)11-17(23)22-16-5-4-10-20-13-16/h6-9,16,20H,4-5,10-13H2,1-3H3,(H,21,24)(H,22,23)/t16-/m0/s1. The Morgan fingerprint density at radius 2 is 1.88 bits per heavy atom. The average molecular weight is 331 g/mol. The third kappa shape index (κ3) is 6.71. The lowest BCUT2D eigenvalue weighted by atomic mass is 9.92. The third-order valence-electron chi connectivity index (χ3n) is 3.96. The second-order valence-corrected chi connectivity index (χ2v) is 7.77. The Kier molecular flexibility index (Phi) is 6.37. The second-order valence-electron chi connectivity index (χ2n) is 7.77. The first-order valence-electron chi connectivity index (χ1n) is 8.71. The van der Waals surface area contributed by atoms with E-state index in [9.17, 15) is 9.59 Å². The highest BCUT2D eigenvalue weighted by molar-refractivity contribution is 5.91. The third-order valence-corrected chi connectivity index (χ3v) is 3.96. The van der Waals surface area contributed by atoms with Gasteiger partial charge in [0.05, 0.1) is 6.42 Å². The molecule has 24 heavy (non-hydrogen) atoms. The van der Waals surface area contributed by atoms with E-state index in [2.05, 4.69) is 16.0 Å². The maximum atomic E-state index is 12.1. The van der Waals surface area contributed by atoms with Crippen molar-refractivity contribution in [3.63, 3.8) is 0 Å². The molecule has 1 fully saturated rings. The van der Waals surface area contributed by atoms with E-state index in [1.807, 2.05) is 45.0 Å². The molecular formula is C19H29N3O2. The Balaban J connectivity index is 1.80. The van der Waals surface area contributed by atoms with Crippen molar-refractivity contribution in [3.8, 4) is 0 Å². The molecule has 0 saturated carbocycles. The van der Waals surface area contributed by atoms with Crippen LogP contribution in [0.2, 0.25) is 0 Å².